The highest BCUT2D eigenvalue weighted by Gasteiger charge is 2.23. The van der Waals surface area contributed by atoms with Gasteiger partial charge >= 0.3 is 0 Å². The summed E-state index contributed by atoms with van der Waals surface area (Å²) in [6, 6.07) is 8.82. The van der Waals surface area contributed by atoms with Crippen LogP contribution in [-0.2, 0) is 9.84 Å². The van der Waals surface area contributed by atoms with Crippen LogP contribution in [0.1, 0.15) is 36.5 Å². The lowest BCUT2D eigenvalue weighted by Gasteiger charge is -2.13. The van der Waals surface area contributed by atoms with Crippen molar-refractivity contribution in [2.24, 2.45) is 0 Å². The van der Waals surface area contributed by atoms with E-state index < -0.39 is 15.1 Å². The molecule has 0 saturated heterocycles. The van der Waals surface area contributed by atoms with E-state index in [1.165, 1.54) is 6.26 Å². The highest BCUT2D eigenvalue weighted by molar-refractivity contribution is 7.91. The van der Waals surface area contributed by atoms with Gasteiger partial charge in [-0.15, -0.1) is 0 Å². The van der Waals surface area contributed by atoms with Crippen LogP contribution in [0.2, 0.25) is 0 Å². The van der Waals surface area contributed by atoms with E-state index in [1.807, 2.05) is 13.0 Å². The molecular weight excluding hydrogens is 236 g/mol. The third-order valence-electron chi connectivity index (χ3n) is 2.72. The van der Waals surface area contributed by atoms with Crippen molar-refractivity contribution in [3.05, 3.63) is 35.9 Å². The lowest BCUT2D eigenvalue weighted by molar-refractivity contribution is 0.0980. The van der Waals surface area contributed by atoms with Crippen LogP contribution in [0.25, 0.3) is 0 Å². The lowest BCUT2D eigenvalue weighted by Crippen LogP contribution is -2.23. The number of ketones is 1. The predicted molar refractivity (Wildman–Crippen MR) is 68.9 cm³/mol. The van der Waals surface area contributed by atoms with Crippen LogP contribution in [0, 0.1) is 0 Å². The van der Waals surface area contributed by atoms with Gasteiger partial charge in [0.25, 0.3) is 0 Å². The Morgan fingerprint density at radius 1 is 1.24 bits per heavy atom. The van der Waals surface area contributed by atoms with Gasteiger partial charge in [-0.05, 0) is 6.42 Å². The molecule has 0 amide bonds. The van der Waals surface area contributed by atoms with Crippen molar-refractivity contribution >= 4 is 15.6 Å². The number of carbonyl (C=O) groups is 1. The van der Waals surface area contributed by atoms with E-state index in [9.17, 15) is 13.2 Å². The van der Waals surface area contributed by atoms with Crippen LogP contribution < -0.4 is 0 Å². The largest absolute Gasteiger partial charge is 0.294 e. The van der Waals surface area contributed by atoms with Crippen LogP contribution in [0.4, 0.5) is 0 Å². The Bertz CT molecular complexity index is 463. The van der Waals surface area contributed by atoms with Crippen LogP contribution in [0.15, 0.2) is 30.3 Å². The molecule has 1 rings (SSSR count). The molecule has 0 bridgehead atoms. The topological polar surface area (TPSA) is 51.2 Å². The van der Waals surface area contributed by atoms with E-state index >= 15 is 0 Å². The highest BCUT2D eigenvalue weighted by Crippen LogP contribution is 2.15. The van der Waals surface area contributed by atoms with E-state index in [4.69, 9.17) is 0 Å². The molecule has 0 heterocycles. The molecule has 0 N–H and O–H groups in total. The van der Waals surface area contributed by atoms with Gasteiger partial charge in [-0.25, -0.2) is 8.42 Å². The average molecular weight is 254 g/mol. The molecule has 0 aromatic heterocycles. The van der Waals surface area contributed by atoms with Crippen molar-refractivity contribution in [3.63, 3.8) is 0 Å². The van der Waals surface area contributed by atoms with Crippen LogP contribution >= 0.6 is 0 Å². The molecule has 1 aromatic carbocycles. The standard InChI is InChI=1S/C13H18O3S/c1-3-7-12(17(2,15)16)10-13(14)11-8-5-4-6-9-11/h4-6,8-9,12H,3,7,10H2,1-2H3/t12-/m1/s1. The van der Waals surface area contributed by atoms with Crippen LogP contribution in [-0.4, -0.2) is 25.7 Å². The van der Waals surface area contributed by atoms with Gasteiger partial charge in [-0.3, -0.25) is 4.79 Å². The van der Waals surface area contributed by atoms with Gasteiger partial charge in [0.15, 0.2) is 15.6 Å². The fourth-order valence-electron chi connectivity index (χ4n) is 1.74. The normalized spacial score (nSPS) is 13.3. The first-order valence-electron chi connectivity index (χ1n) is 5.72. The zero-order valence-corrected chi connectivity index (χ0v) is 11.0. The first kappa shape index (κ1) is 13.9. The Kier molecular flexibility index (Phi) is 4.87. The molecule has 0 aliphatic rings. The average Bonchev–Trinajstić information content (AvgIpc) is 2.28. The van der Waals surface area contributed by atoms with Crippen molar-refractivity contribution in [1.29, 1.82) is 0 Å². The minimum atomic E-state index is -3.15. The summed E-state index contributed by atoms with van der Waals surface area (Å²) in [6.07, 6.45) is 2.58. The summed E-state index contributed by atoms with van der Waals surface area (Å²) in [5, 5.41) is -0.555. The summed E-state index contributed by atoms with van der Waals surface area (Å²) in [6.45, 7) is 1.92. The Morgan fingerprint density at radius 3 is 2.29 bits per heavy atom. The van der Waals surface area contributed by atoms with Crippen molar-refractivity contribution < 1.29 is 13.2 Å². The third-order valence-corrected chi connectivity index (χ3v) is 4.34. The smallest absolute Gasteiger partial charge is 0.164 e. The number of Topliss-reactive ketones (excluding diaryl/α,β-unsaturated/α-hetero) is 1. The molecule has 1 atom stereocenters. The molecule has 1 aromatic rings. The summed E-state index contributed by atoms with van der Waals surface area (Å²) < 4.78 is 23.1. The molecule has 0 fully saturated rings. The number of rotatable bonds is 6. The maximum Gasteiger partial charge on any atom is 0.164 e. The number of benzene rings is 1. The summed E-state index contributed by atoms with van der Waals surface area (Å²) >= 11 is 0. The van der Waals surface area contributed by atoms with Gasteiger partial charge in [0, 0.05) is 18.2 Å². The van der Waals surface area contributed by atoms with Crippen molar-refractivity contribution in [2.75, 3.05) is 6.26 Å². The fourth-order valence-corrected chi connectivity index (χ4v) is 2.86. The molecule has 17 heavy (non-hydrogen) atoms. The second kappa shape index (κ2) is 5.96. The van der Waals surface area contributed by atoms with Gasteiger partial charge in [0.1, 0.15) is 0 Å². The minimum absolute atomic E-state index is 0.0800. The zero-order chi connectivity index (χ0) is 12.9. The molecule has 94 valence electrons. The van der Waals surface area contributed by atoms with Crippen molar-refractivity contribution in [1.82, 2.24) is 0 Å². The molecule has 3 nitrogen and oxygen atoms in total. The molecule has 0 unspecified atom stereocenters. The van der Waals surface area contributed by atoms with Crippen LogP contribution in [0.3, 0.4) is 0 Å². The van der Waals surface area contributed by atoms with Gasteiger partial charge in [0.2, 0.25) is 0 Å². The fraction of sp³-hybridized carbons (Fsp3) is 0.462. The Balaban J connectivity index is 2.79. The van der Waals surface area contributed by atoms with E-state index in [-0.39, 0.29) is 12.2 Å². The van der Waals surface area contributed by atoms with Gasteiger partial charge < -0.3 is 0 Å². The first-order valence-corrected chi connectivity index (χ1v) is 7.67. The van der Waals surface area contributed by atoms with Gasteiger partial charge in [0.05, 0.1) is 5.25 Å². The van der Waals surface area contributed by atoms with E-state index in [1.54, 1.807) is 24.3 Å². The van der Waals surface area contributed by atoms with Crippen molar-refractivity contribution in [2.45, 2.75) is 31.4 Å². The maximum atomic E-state index is 11.9. The molecule has 0 radical (unpaired) electrons. The second-order valence-electron chi connectivity index (χ2n) is 4.23. The van der Waals surface area contributed by atoms with Gasteiger partial charge in [-0.1, -0.05) is 43.7 Å². The third kappa shape index (κ3) is 4.30. The van der Waals surface area contributed by atoms with E-state index in [0.717, 1.165) is 6.42 Å². The first-order chi connectivity index (χ1) is 7.95. The molecule has 4 heteroatoms. The Morgan fingerprint density at radius 2 is 1.82 bits per heavy atom. The number of carbonyl (C=O) groups excluding carboxylic acids is 1. The van der Waals surface area contributed by atoms with E-state index in [0.29, 0.717) is 12.0 Å². The number of hydrogen-bond donors (Lipinski definition) is 0. The molecular formula is C13H18O3S. The lowest BCUT2D eigenvalue weighted by atomic mass is 10.0. The molecule has 0 aliphatic heterocycles. The monoisotopic (exact) mass is 254 g/mol. The summed E-state index contributed by atoms with van der Waals surface area (Å²) in [4.78, 5) is 11.9. The van der Waals surface area contributed by atoms with Crippen LogP contribution in [0.5, 0.6) is 0 Å². The quantitative estimate of drug-likeness (QED) is 0.733. The van der Waals surface area contributed by atoms with Gasteiger partial charge in [-0.2, -0.15) is 0 Å². The van der Waals surface area contributed by atoms with E-state index in [2.05, 4.69) is 0 Å². The highest BCUT2D eigenvalue weighted by atomic mass is 32.2. The SMILES string of the molecule is CCC[C@H](CC(=O)c1ccccc1)S(C)(=O)=O. The minimum Gasteiger partial charge on any atom is -0.294 e. The maximum absolute atomic E-state index is 11.9. The number of hydrogen-bond acceptors (Lipinski definition) is 3. The summed E-state index contributed by atoms with van der Waals surface area (Å²) in [5.74, 6) is -0.102. The summed E-state index contributed by atoms with van der Waals surface area (Å²) in [7, 11) is -3.15. The number of sulfone groups is 1. The Hall–Kier alpha value is -1.16. The molecule has 0 aliphatic carbocycles. The predicted octanol–water partition coefficient (Wildman–Crippen LogP) is 2.47. The summed E-state index contributed by atoms with van der Waals surface area (Å²) in [5.41, 5.74) is 0.581. The Labute approximate surface area is 103 Å². The second-order valence-corrected chi connectivity index (χ2v) is 6.56. The molecule has 0 saturated carbocycles. The van der Waals surface area contributed by atoms with Crippen molar-refractivity contribution in [3.8, 4) is 0 Å². The zero-order valence-electron chi connectivity index (χ0n) is 10.2. The molecule has 0 spiro atoms.